The van der Waals surface area contributed by atoms with E-state index in [0.717, 1.165) is 14.8 Å². The summed E-state index contributed by atoms with van der Waals surface area (Å²) in [5, 5.41) is 2.90. The molecule has 2 aromatic rings. The zero-order valence-corrected chi connectivity index (χ0v) is 17.1. The summed E-state index contributed by atoms with van der Waals surface area (Å²) < 4.78 is 16.2. The normalized spacial score (nSPS) is 13.3. The molecule has 27 heavy (non-hydrogen) atoms. The van der Waals surface area contributed by atoms with Crippen LogP contribution in [0.25, 0.3) is 0 Å². The summed E-state index contributed by atoms with van der Waals surface area (Å²) in [5.74, 6) is 0.854. The van der Waals surface area contributed by atoms with E-state index in [9.17, 15) is 9.59 Å². The Hall–Kier alpha value is -2.49. The quantitative estimate of drug-likeness (QED) is 0.641. The van der Waals surface area contributed by atoms with Crippen LogP contribution in [0.4, 0.5) is 10.5 Å². The SMILES string of the molecule is COc1cc(I)c(C(=O)NCc2cccc(N3CCOC3=O)c2)cc1OC. The first-order chi connectivity index (χ1) is 13.0. The van der Waals surface area contributed by atoms with Crippen molar-refractivity contribution >= 4 is 40.3 Å². The molecule has 1 aliphatic rings. The number of ether oxygens (including phenoxy) is 3. The Balaban J connectivity index is 1.72. The molecule has 1 heterocycles. The highest BCUT2D eigenvalue weighted by molar-refractivity contribution is 14.1. The summed E-state index contributed by atoms with van der Waals surface area (Å²) in [6.45, 7) is 1.25. The van der Waals surface area contributed by atoms with E-state index in [1.165, 1.54) is 7.11 Å². The molecule has 1 N–H and O–H groups in total. The minimum Gasteiger partial charge on any atom is -0.493 e. The highest BCUT2D eigenvalue weighted by Crippen LogP contribution is 2.31. The number of carbonyl (C=O) groups excluding carboxylic acids is 2. The molecule has 0 atom stereocenters. The summed E-state index contributed by atoms with van der Waals surface area (Å²) in [6.07, 6.45) is -0.351. The minimum atomic E-state index is -0.351. The van der Waals surface area contributed by atoms with Gasteiger partial charge < -0.3 is 19.5 Å². The molecule has 0 radical (unpaired) electrons. The molecule has 1 saturated heterocycles. The molecule has 0 aliphatic carbocycles. The topological polar surface area (TPSA) is 77.1 Å². The highest BCUT2D eigenvalue weighted by atomic mass is 127. The smallest absolute Gasteiger partial charge is 0.414 e. The second-order valence-corrected chi connectivity index (χ2v) is 6.97. The van der Waals surface area contributed by atoms with Crippen LogP contribution < -0.4 is 19.7 Å². The van der Waals surface area contributed by atoms with E-state index in [1.807, 2.05) is 24.3 Å². The third-order valence-electron chi connectivity index (χ3n) is 4.15. The van der Waals surface area contributed by atoms with Gasteiger partial charge in [0.2, 0.25) is 0 Å². The van der Waals surface area contributed by atoms with Crippen molar-refractivity contribution in [1.29, 1.82) is 0 Å². The maximum absolute atomic E-state index is 12.6. The Kier molecular flexibility index (Phi) is 6.04. The zero-order valence-electron chi connectivity index (χ0n) is 15.0. The number of nitrogens with one attached hydrogen (secondary N) is 1. The van der Waals surface area contributed by atoms with E-state index in [4.69, 9.17) is 14.2 Å². The van der Waals surface area contributed by atoms with Crippen LogP contribution in [0.2, 0.25) is 0 Å². The summed E-state index contributed by atoms with van der Waals surface area (Å²) in [4.78, 5) is 25.9. The van der Waals surface area contributed by atoms with Gasteiger partial charge in [0.1, 0.15) is 6.61 Å². The van der Waals surface area contributed by atoms with Gasteiger partial charge in [0.05, 0.1) is 26.3 Å². The highest BCUT2D eigenvalue weighted by Gasteiger charge is 2.23. The molecular formula is C19H19IN2O5. The fraction of sp³-hybridized carbons (Fsp3) is 0.263. The van der Waals surface area contributed by atoms with E-state index in [2.05, 4.69) is 27.9 Å². The van der Waals surface area contributed by atoms with Gasteiger partial charge in [-0.05, 0) is 52.4 Å². The number of methoxy groups -OCH3 is 2. The Bertz CT molecular complexity index is 871. The van der Waals surface area contributed by atoms with Gasteiger partial charge in [0, 0.05) is 15.8 Å². The van der Waals surface area contributed by atoms with Gasteiger partial charge in [0.25, 0.3) is 5.91 Å². The van der Waals surface area contributed by atoms with Crippen LogP contribution in [-0.4, -0.2) is 39.4 Å². The van der Waals surface area contributed by atoms with Crippen LogP contribution in [0.5, 0.6) is 11.5 Å². The lowest BCUT2D eigenvalue weighted by Crippen LogP contribution is -2.25. The Labute approximate surface area is 170 Å². The first-order valence-electron chi connectivity index (χ1n) is 8.26. The van der Waals surface area contributed by atoms with E-state index < -0.39 is 0 Å². The van der Waals surface area contributed by atoms with Crippen molar-refractivity contribution in [3.63, 3.8) is 0 Å². The standard InChI is InChI=1S/C19H19IN2O5/c1-25-16-9-14(15(20)10-17(16)26-2)18(23)21-11-12-4-3-5-13(8-12)22-6-7-27-19(22)24/h3-5,8-10H,6-7,11H2,1-2H3,(H,21,23). The summed E-state index contributed by atoms with van der Waals surface area (Å²) in [7, 11) is 3.08. The number of halogens is 1. The maximum atomic E-state index is 12.6. The van der Waals surface area contributed by atoms with E-state index in [0.29, 0.717) is 36.8 Å². The third-order valence-corrected chi connectivity index (χ3v) is 5.05. The van der Waals surface area contributed by atoms with Crippen LogP contribution in [0, 0.1) is 3.57 Å². The van der Waals surface area contributed by atoms with Gasteiger partial charge in [-0.25, -0.2) is 4.79 Å². The number of hydrogen-bond donors (Lipinski definition) is 1. The van der Waals surface area contributed by atoms with E-state index >= 15 is 0 Å². The Morgan fingerprint density at radius 3 is 2.63 bits per heavy atom. The molecule has 8 heteroatoms. The van der Waals surface area contributed by atoms with Gasteiger partial charge in [-0.2, -0.15) is 0 Å². The lowest BCUT2D eigenvalue weighted by molar-refractivity contribution is 0.0949. The lowest BCUT2D eigenvalue weighted by atomic mass is 10.1. The molecular weight excluding hydrogens is 463 g/mol. The molecule has 0 saturated carbocycles. The molecule has 1 aliphatic heterocycles. The average Bonchev–Trinajstić information content (AvgIpc) is 3.12. The number of hydrogen-bond acceptors (Lipinski definition) is 5. The van der Waals surface area contributed by atoms with Crippen molar-refractivity contribution in [2.24, 2.45) is 0 Å². The molecule has 3 rings (SSSR count). The maximum Gasteiger partial charge on any atom is 0.414 e. The van der Waals surface area contributed by atoms with Crippen LogP contribution in [0.3, 0.4) is 0 Å². The molecule has 2 amide bonds. The second-order valence-electron chi connectivity index (χ2n) is 5.81. The molecule has 7 nitrogen and oxygen atoms in total. The largest absolute Gasteiger partial charge is 0.493 e. The molecule has 1 fully saturated rings. The molecule has 0 spiro atoms. The average molecular weight is 482 g/mol. The van der Waals surface area contributed by atoms with Crippen molar-refractivity contribution in [2.75, 3.05) is 32.3 Å². The first-order valence-corrected chi connectivity index (χ1v) is 9.34. The van der Waals surface area contributed by atoms with Gasteiger partial charge in [-0.3, -0.25) is 9.69 Å². The van der Waals surface area contributed by atoms with E-state index in [1.54, 1.807) is 24.1 Å². The number of cyclic esters (lactones) is 1. The second kappa shape index (κ2) is 8.47. The number of carbonyl (C=O) groups is 2. The van der Waals surface area contributed by atoms with Crippen LogP contribution in [0.1, 0.15) is 15.9 Å². The van der Waals surface area contributed by atoms with Crippen molar-refractivity contribution in [2.45, 2.75) is 6.54 Å². The van der Waals surface area contributed by atoms with Crippen molar-refractivity contribution in [3.05, 3.63) is 51.1 Å². The fourth-order valence-corrected chi connectivity index (χ4v) is 3.45. The fourth-order valence-electron chi connectivity index (χ4n) is 2.77. The van der Waals surface area contributed by atoms with Crippen molar-refractivity contribution in [1.82, 2.24) is 5.32 Å². The molecule has 142 valence electrons. The van der Waals surface area contributed by atoms with Crippen molar-refractivity contribution < 1.29 is 23.8 Å². The van der Waals surface area contributed by atoms with Crippen LogP contribution in [-0.2, 0) is 11.3 Å². The van der Waals surface area contributed by atoms with Crippen LogP contribution >= 0.6 is 22.6 Å². The number of anilines is 1. The Morgan fingerprint density at radius 1 is 1.22 bits per heavy atom. The molecule has 0 aromatic heterocycles. The first kappa shape index (κ1) is 19.3. The predicted octanol–water partition coefficient (Wildman–Crippen LogP) is 3.20. The van der Waals surface area contributed by atoms with Gasteiger partial charge in [0.15, 0.2) is 11.5 Å². The molecule has 0 unspecified atom stereocenters. The molecule has 0 bridgehead atoms. The summed E-state index contributed by atoms with van der Waals surface area (Å²) >= 11 is 2.09. The zero-order chi connectivity index (χ0) is 19.4. The van der Waals surface area contributed by atoms with Gasteiger partial charge >= 0.3 is 6.09 Å². The Morgan fingerprint density at radius 2 is 1.96 bits per heavy atom. The minimum absolute atomic E-state index is 0.216. The number of amides is 2. The lowest BCUT2D eigenvalue weighted by Gasteiger charge is -2.15. The summed E-state index contributed by atoms with van der Waals surface area (Å²) in [6, 6.07) is 10.9. The third kappa shape index (κ3) is 4.26. The van der Waals surface area contributed by atoms with E-state index in [-0.39, 0.29) is 12.0 Å². The van der Waals surface area contributed by atoms with Gasteiger partial charge in [-0.1, -0.05) is 12.1 Å². The summed E-state index contributed by atoms with van der Waals surface area (Å²) in [5.41, 5.74) is 2.15. The van der Waals surface area contributed by atoms with Crippen LogP contribution in [0.15, 0.2) is 36.4 Å². The monoisotopic (exact) mass is 482 g/mol. The van der Waals surface area contributed by atoms with Crippen molar-refractivity contribution in [3.8, 4) is 11.5 Å². The molecule has 2 aromatic carbocycles. The number of rotatable bonds is 6. The number of nitrogens with zero attached hydrogens (tertiary/aromatic N) is 1. The predicted molar refractivity (Wildman–Crippen MR) is 109 cm³/mol. The van der Waals surface area contributed by atoms with Gasteiger partial charge in [-0.15, -0.1) is 0 Å². The number of benzene rings is 2.